The van der Waals surface area contributed by atoms with E-state index < -0.39 is 0 Å². The minimum absolute atomic E-state index is 0.553. The molecule has 86 valence electrons. The summed E-state index contributed by atoms with van der Waals surface area (Å²) >= 11 is 5.98. The molecule has 0 atom stereocenters. The summed E-state index contributed by atoms with van der Waals surface area (Å²) < 4.78 is 0. The lowest BCUT2D eigenvalue weighted by Crippen LogP contribution is -2.29. The lowest BCUT2D eigenvalue weighted by Gasteiger charge is -2.27. The molecular weight excluding hydrogens is 222 g/mol. The molecular formula is C13H16ClNO. The normalized spacial score (nSPS) is 16.4. The second kappa shape index (κ2) is 4.88. The van der Waals surface area contributed by atoms with Gasteiger partial charge in [-0.25, -0.2) is 0 Å². The monoisotopic (exact) mass is 237 g/mol. The van der Waals surface area contributed by atoms with Gasteiger partial charge in [-0.1, -0.05) is 24.4 Å². The summed E-state index contributed by atoms with van der Waals surface area (Å²) in [6, 6.07) is 5.98. The number of nitrogens with zero attached hydrogens (tertiary/aromatic N) is 1. The van der Waals surface area contributed by atoms with E-state index >= 15 is 0 Å². The van der Waals surface area contributed by atoms with Gasteiger partial charge in [-0.05, 0) is 31.0 Å². The van der Waals surface area contributed by atoms with Crippen LogP contribution in [0.3, 0.4) is 0 Å². The summed E-state index contributed by atoms with van der Waals surface area (Å²) in [5, 5.41) is 0.686. The van der Waals surface area contributed by atoms with Gasteiger partial charge in [-0.3, -0.25) is 4.79 Å². The van der Waals surface area contributed by atoms with Crippen LogP contribution in [0.1, 0.15) is 36.0 Å². The Kier molecular flexibility index (Phi) is 3.49. The predicted octanol–water partition coefficient (Wildman–Crippen LogP) is 3.53. The number of carbonyl (C=O) groups excluding carboxylic acids is 1. The zero-order valence-corrected chi connectivity index (χ0v) is 10.2. The number of hydrogen-bond donors (Lipinski definition) is 0. The molecule has 0 aliphatic heterocycles. The van der Waals surface area contributed by atoms with Crippen molar-refractivity contribution in [3.05, 3.63) is 28.8 Å². The standard InChI is InChI=1S/C13H16ClNO/c1-15(12-4-2-3-5-12)13-8-11(14)7-6-10(13)9-16/h6-9,12H,2-5H2,1H3. The Morgan fingerprint density at radius 2 is 2.06 bits per heavy atom. The Morgan fingerprint density at radius 3 is 2.69 bits per heavy atom. The average molecular weight is 238 g/mol. The molecule has 1 aliphatic rings. The van der Waals surface area contributed by atoms with E-state index in [1.165, 1.54) is 25.7 Å². The third-order valence-electron chi connectivity index (χ3n) is 3.37. The third-order valence-corrected chi connectivity index (χ3v) is 3.61. The van der Waals surface area contributed by atoms with E-state index in [2.05, 4.69) is 11.9 Å². The Labute approximate surface area is 101 Å². The maximum absolute atomic E-state index is 11.0. The van der Waals surface area contributed by atoms with Crippen LogP contribution in [-0.2, 0) is 0 Å². The van der Waals surface area contributed by atoms with E-state index in [-0.39, 0.29) is 0 Å². The van der Waals surface area contributed by atoms with Gasteiger partial charge in [-0.15, -0.1) is 0 Å². The zero-order chi connectivity index (χ0) is 11.5. The van der Waals surface area contributed by atoms with Crippen molar-refractivity contribution in [2.75, 3.05) is 11.9 Å². The largest absolute Gasteiger partial charge is 0.371 e. The molecule has 0 aromatic heterocycles. The maximum atomic E-state index is 11.0. The highest BCUT2D eigenvalue weighted by Gasteiger charge is 2.21. The van der Waals surface area contributed by atoms with E-state index in [4.69, 9.17) is 11.6 Å². The first kappa shape index (κ1) is 11.5. The SMILES string of the molecule is CN(c1cc(Cl)ccc1C=O)C1CCCC1. The molecule has 1 aromatic rings. The summed E-state index contributed by atoms with van der Waals surface area (Å²) in [6.45, 7) is 0. The fraction of sp³-hybridized carbons (Fsp3) is 0.462. The van der Waals surface area contributed by atoms with Crippen LogP contribution in [0.15, 0.2) is 18.2 Å². The van der Waals surface area contributed by atoms with Gasteiger partial charge in [0.2, 0.25) is 0 Å². The first-order valence-electron chi connectivity index (χ1n) is 5.70. The molecule has 0 N–H and O–H groups in total. The molecule has 16 heavy (non-hydrogen) atoms. The highest BCUT2D eigenvalue weighted by atomic mass is 35.5. The second-order valence-electron chi connectivity index (χ2n) is 4.37. The Bertz CT molecular complexity index is 386. The van der Waals surface area contributed by atoms with Crippen LogP contribution in [0.5, 0.6) is 0 Å². The van der Waals surface area contributed by atoms with Gasteiger partial charge in [-0.2, -0.15) is 0 Å². The molecule has 2 rings (SSSR count). The van der Waals surface area contributed by atoms with Crippen molar-refractivity contribution in [3.63, 3.8) is 0 Å². The molecule has 0 radical (unpaired) electrons. The minimum atomic E-state index is 0.553. The highest BCUT2D eigenvalue weighted by Crippen LogP contribution is 2.30. The maximum Gasteiger partial charge on any atom is 0.152 e. The second-order valence-corrected chi connectivity index (χ2v) is 4.81. The molecule has 0 bridgehead atoms. The summed E-state index contributed by atoms with van der Waals surface area (Å²) in [7, 11) is 2.05. The van der Waals surface area contributed by atoms with Crippen LogP contribution in [0.2, 0.25) is 5.02 Å². The van der Waals surface area contributed by atoms with Gasteiger partial charge in [0.15, 0.2) is 6.29 Å². The van der Waals surface area contributed by atoms with Crippen LogP contribution < -0.4 is 4.90 Å². The Morgan fingerprint density at radius 1 is 1.38 bits per heavy atom. The van der Waals surface area contributed by atoms with E-state index in [0.717, 1.165) is 17.5 Å². The highest BCUT2D eigenvalue weighted by molar-refractivity contribution is 6.31. The molecule has 1 fully saturated rings. The van der Waals surface area contributed by atoms with Gasteiger partial charge >= 0.3 is 0 Å². The quantitative estimate of drug-likeness (QED) is 0.750. The van der Waals surface area contributed by atoms with Gasteiger partial charge in [0, 0.05) is 29.4 Å². The molecule has 0 spiro atoms. The third kappa shape index (κ3) is 2.22. The average Bonchev–Trinajstić information content (AvgIpc) is 2.81. The van der Waals surface area contributed by atoms with Crippen LogP contribution in [0, 0.1) is 0 Å². The van der Waals surface area contributed by atoms with Gasteiger partial charge in [0.25, 0.3) is 0 Å². The van der Waals surface area contributed by atoms with Crippen molar-refractivity contribution in [1.82, 2.24) is 0 Å². The summed E-state index contributed by atoms with van der Waals surface area (Å²) in [6.07, 6.45) is 5.89. The van der Waals surface area contributed by atoms with E-state index in [1.54, 1.807) is 12.1 Å². The number of rotatable bonds is 3. The van der Waals surface area contributed by atoms with Gasteiger partial charge in [0.05, 0.1) is 0 Å². The molecule has 0 heterocycles. The predicted molar refractivity (Wildman–Crippen MR) is 67.5 cm³/mol. The molecule has 0 amide bonds. The lowest BCUT2D eigenvalue weighted by molar-refractivity contribution is 0.112. The molecule has 0 saturated heterocycles. The Balaban J connectivity index is 2.29. The summed E-state index contributed by atoms with van der Waals surface area (Å²) in [4.78, 5) is 13.2. The molecule has 2 nitrogen and oxygen atoms in total. The number of aldehydes is 1. The smallest absolute Gasteiger partial charge is 0.152 e. The van der Waals surface area contributed by atoms with Crippen molar-refractivity contribution in [2.24, 2.45) is 0 Å². The van der Waals surface area contributed by atoms with Crippen molar-refractivity contribution >= 4 is 23.6 Å². The molecule has 1 aliphatic carbocycles. The molecule has 0 unspecified atom stereocenters. The summed E-state index contributed by atoms with van der Waals surface area (Å²) in [5.41, 5.74) is 1.67. The lowest BCUT2D eigenvalue weighted by atomic mass is 10.1. The number of benzene rings is 1. The number of anilines is 1. The van der Waals surface area contributed by atoms with Gasteiger partial charge < -0.3 is 4.90 Å². The minimum Gasteiger partial charge on any atom is -0.371 e. The van der Waals surface area contributed by atoms with Gasteiger partial charge in [0.1, 0.15) is 0 Å². The number of hydrogen-bond acceptors (Lipinski definition) is 2. The molecule has 1 aromatic carbocycles. The van der Waals surface area contributed by atoms with Crippen LogP contribution in [-0.4, -0.2) is 19.4 Å². The van der Waals surface area contributed by atoms with Crippen LogP contribution in [0.25, 0.3) is 0 Å². The van der Waals surface area contributed by atoms with Crippen LogP contribution >= 0.6 is 11.6 Å². The van der Waals surface area contributed by atoms with Crippen molar-refractivity contribution < 1.29 is 4.79 Å². The zero-order valence-electron chi connectivity index (χ0n) is 9.45. The van der Waals surface area contributed by atoms with E-state index in [0.29, 0.717) is 11.1 Å². The molecule has 3 heteroatoms. The first-order valence-corrected chi connectivity index (χ1v) is 6.07. The number of halogens is 1. The van der Waals surface area contributed by atoms with Crippen molar-refractivity contribution in [2.45, 2.75) is 31.7 Å². The summed E-state index contributed by atoms with van der Waals surface area (Å²) in [5.74, 6) is 0. The van der Waals surface area contributed by atoms with E-state index in [1.807, 2.05) is 6.07 Å². The fourth-order valence-electron chi connectivity index (χ4n) is 2.41. The van der Waals surface area contributed by atoms with Crippen molar-refractivity contribution in [1.29, 1.82) is 0 Å². The molecule has 1 saturated carbocycles. The van der Waals surface area contributed by atoms with Crippen molar-refractivity contribution in [3.8, 4) is 0 Å². The first-order chi connectivity index (χ1) is 7.72. The number of carbonyl (C=O) groups is 1. The van der Waals surface area contributed by atoms with Crippen LogP contribution in [0.4, 0.5) is 5.69 Å². The Hall–Kier alpha value is -1.02. The topological polar surface area (TPSA) is 20.3 Å². The fourth-order valence-corrected chi connectivity index (χ4v) is 2.58. The van der Waals surface area contributed by atoms with E-state index in [9.17, 15) is 4.79 Å².